The van der Waals surface area contributed by atoms with E-state index in [1.807, 2.05) is 13.8 Å². The monoisotopic (exact) mass is 437 g/mol. The van der Waals surface area contributed by atoms with Crippen molar-refractivity contribution in [1.29, 1.82) is 0 Å². The van der Waals surface area contributed by atoms with Gasteiger partial charge in [0, 0.05) is 32.6 Å². The van der Waals surface area contributed by atoms with E-state index in [9.17, 15) is 19.2 Å². The number of hydrogen-bond donors (Lipinski definition) is 2. The maximum absolute atomic E-state index is 12.7. The Balaban J connectivity index is 1.42. The van der Waals surface area contributed by atoms with Crippen molar-refractivity contribution in [3.8, 4) is 0 Å². The van der Waals surface area contributed by atoms with Crippen LogP contribution in [0, 0.1) is 5.92 Å². The maximum atomic E-state index is 12.7. The molecule has 0 unspecified atom stereocenters. The highest BCUT2D eigenvalue weighted by molar-refractivity contribution is 6.08. The molecule has 10 heteroatoms. The molecule has 3 rings (SSSR count). The number of amides is 5. The van der Waals surface area contributed by atoms with Crippen molar-refractivity contribution in [2.24, 2.45) is 5.92 Å². The summed E-state index contributed by atoms with van der Waals surface area (Å²) in [6.07, 6.45) is 4.76. The molecular formula is C21H35N5O5. The van der Waals surface area contributed by atoms with Gasteiger partial charge >= 0.3 is 12.1 Å². The molecule has 1 aliphatic carbocycles. The molecule has 5 amide bonds. The summed E-state index contributed by atoms with van der Waals surface area (Å²) in [5.74, 6) is -0.423. The minimum atomic E-state index is -0.846. The van der Waals surface area contributed by atoms with Crippen molar-refractivity contribution in [3.63, 3.8) is 0 Å². The Bertz CT molecular complexity index is 692. The minimum Gasteiger partial charge on any atom is -0.449 e. The van der Waals surface area contributed by atoms with Crippen LogP contribution in [0.3, 0.4) is 0 Å². The number of nitrogens with one attached hydrogen (secondary N) is 2. The van der Waals surface area contributed by atoms with Crippen molar-refractivity contribution >= 4 is 23.9 Å². The van der Waals surface area contributed by atoms with Crippen LogP contribution in [0.25, 0.3) is 0 Å². The number of nitrogens with zero attached hydrogens (tertiary/aromatic N) is 3. The van der Waals surface area contributed by atoms with E-state index in [0.29, 0.717) is 51.5 Å². The summed E-state index contributed by atoms with van der Waals surface area (Å²) in [7, 11) is 0. The van der Waals surface area contributed by atoms with E-state index in [0.717, 1.165) is 37.2 Å². The molecule has 0 aromatic rings. The molecule has 1 saturated carbocycles. The van der Waals surface area contributed by atoms with Gasteiger partial charge < -0.3 is 19.9 Å². The number of carbonyl (C=O) groups is 4. The second-order valence-electron chi connectivity index (χ2n) is 9.15. The summed E-state index contributed by atoms with van der Waals surface area (Å²) < 4.78 is 5.30. The summed E-state index contributed by atoms with van der Waals surface area (Å²) in [5.41, 5.74) is 1.63. The third-order valence-electron chi connectivity index (χ3n) is 6.15. The van der Waals surface area contributed by atoms with Crippen LogP contribution in [0.1, 0.15) is 58.8 Å². The molecule has 10 nitrogen and oxygen atoms in total. The molecule has 2 aliphatic heterocycles. The molecule has 2 heterocycles. The average Bonchev–Trinajstić information content (AvgIpc) is 2.92. The lowest BCUT2D eigenvalue weighted by Crippen LogP contribution is -2.51. The minimum absolute atomic E-state index is 0.169. The molecule has 174 valence electrons. The number of urea groups is 1. The molecule has 0 aromatic carbocycles. The van der Waals surface area contributed by atoms with E-state index in [4.69, 9.17) is 4.74 Å². The third-order valence-corrected chi connectivity index (χ3v) is 6.15. The van der Waals surface area contributed by atoms with Crippen LogP contribution in [0.5, 0.6) is 0 Å². The average molecular weight is 438 g/mol. The highest BCUT2D eigenvalue weighted by atomic mass is 16.6. The summed E-state index contributed by atoms with van der Waals surface area (Å²) in [6, 6.07) is -0.550. The SMILES string of the molecule is CC(C)COC(=O)N1CCCN(CCC(=O)NN2C(=O)NC3(CCCCC3)C2=O)CC1. The maximum Gasteiger partial charge on any atom is 0.409 e. The van der Waals surface area contributed by atoms with Crippen LogP contribution in [0.4, 0.5) is 9.59 Å². The van der Waals surface area contributed by atoms with Crippen LogP contribution in [0.15, 0.2) is 0 Å². The lowest BCUT2D eigenvalue weighted by Gasteiger charge is -2.30. The number of hydrazine groups is 1. The fourth-order valence-corrected chi connectivity index (χ4v) is 4.36. The Hall–Kier alpha value is -2.36. The van der Waals surface area contributed by atoms with Crippen molar-refractivity contribution in [2.45, 2.75) is 64.3 Å². The Morgan fingerprint density at radius 2 is 1.81 bits per heavy atom. The van der Waals surface area contributed by atoms with E-state index < -0.39 is 11.6 Å². The topological polar surface area (TPSA) is 111 Å². The largest absolute Gasteiger partial charge is 0.449 e. The van der Waals surface area contributed by atoms with Gasteiger partial charge in [0.15, 0.2) is 0 Å². The molecule has 3 aliphatic rings. The van der Waals surface area contributed by atoms with Crippen LogP contribution < -0.4 is 10.7 Å². The predicted molar refractivity (Wildman–Crippen MR) is 113 cm³/mol. The van der Waals surface area contributed by atoms with Gasteiger partial charge in [-0.3, -0.25) is 15.0 Å². The van der Waals surface area contributed by atoms with Gasteiger partial charge in [0.1, 0.15) is 5.54 Å². The molecule has 31 heavy (non-hydrogen) atoms. The van der Waals surface area contributed by atoms with Crippen molar-refractivity contribution in [1.82, 2.24) is 25.6 Å². The van der Waals surface area contributed by atoms with Crippen molar-refractivity contribution in [2.75, 3.05) is 39.3 Å². The van der Waals surface area contributed by atoms with Crippen LogP contribution in [0.2, 0.25) is 0 Å². The molecule has 2 saturated heterocycles. The molecule has 2 N–H and O–H groups in total. The number of rotatable bonds is 6. The van der Waals surface area contributed by atoms with E-state index in [2.05, 4.69) is 15.6 Å². The second-order valence-corrected chi connectivity index (χ2v) is 9.15. The van der Waals surface area contributed by atoms with Gasteiger partial charge in [0.2, 0.25) is 5.91 Å². The molecule has 1 spiro atoms. The highest BCUT2D eigenvalue weighted by Crippen LogP contribution is 2.32. The van der Waals surface area contributed by atoms with Gasteiger partial charge in [-0.1, -0.05) is 33.1 Å². The number of imide groups is 1. The number of carbonyl (C=O) groups excluding carboxylic acids is 4. The standard InChI is InChI=1S/C21H35N5O5/c1-16(2)15-31-20(30)25-11-6-10-24(13-14-25)12-7-17(27)23-26-18(28)21(22-19(26)29)8-4-3-5-9-21/h16H,3-15H2,1-2H3,(H,22,29)(H,23,27). The van der Waals surface area contributed by atoms with Gasteiger partial charge in [-0.2, -0.15) is 5.01 Å². The van der Waals surface area contributed by atoms with Crippen molar-refractivity contribution in [3.05, 3.63) is 0 Å². The van der Waals surface area contributed by atoms with E-state index >= 15 is 0 Å². The summed E-state index contributed by atoms with van der Waals surface area (Å²) >= 11 is 0. The first kappa shape index (κ1) is 23.3. The molecule has 0 bridgehead atoms. The van der Waals surface area contributed by atoms with Crippen LogP contribution in [-0.2, 0) is 14.3 Å². The number of hydrogen-bond acceptors (Lipinski definition) is 6. The van der Waals surface area contributed by atoms with Gasteiger partial charge in [-0.15, -0.1) is 0 Å². The molecule has 0 aromatic heterocycles. The molecule has 0 atom stereocenters. The first-order valence-electron chi connectivity index (χ1n) is 11.4. The Morgan fingerprint density at radius 3 is 2.52 bits per heavy atom. The molecular weight excluding hydrogens is 402 g/mol. The lowest BCUT2D eigenvalue weighted by atomic mass is 9.82. The summed E-state index contributed by atoms with van der Waals surface area (Å²) in [4.78, 5) is 53.4. The first-order chi connectivity index (χ1) is 14.8. The zero-order valence-corrected chi connectivity index (χ0v) is 18.7. The van der Waals surface area contributed by atoms with Crippen molar-refractivity contribution < 1.29 is 23.9 Å². The van der Waals surface area contributed by atoms with Gasteiger partial charge in [-0.05, 0) is 31.7 Å². The first-order valence-corrected chi connectivity index (χ1v) is 11.4. The quantitative estimate of drug-likeness (QED) is 0.609. The zero-order valence-electron chi connectivity index (χ0n) is 18.7. The van der Waals surface area contributed by atoms with Crippen LogP contribution >= 0.6 is 0 Å². The van der Waals surface area contributed by atoms with Gasteiger partial charge in [0.25, 0.3) is 5.91 Å². The summed E-state index contributed by atoms with van der Waals surface area (Å²) in [6.45, 7) is 7.49. The highest BCUT2D eigenvalue weighted by Gasteiger charge is 2.52. The second kappa shape index (κ2) is 10.3. The molecule has 0 radical (unpaired) electrons. The Kier molecular flexibility index (Phi) is 7.74. The van der Waals surface area contributed by atoms with E-state index in [1.165, 1.54) is 0 Å². The van der Waals surface area contributed by atoms with Gasteiger partial charge in [-0.25, -0.2) is 9.59 Å². The Labute approximate surface area is 183 Å². The van der Waals surface area contributed by atoms with E-state index in [-0.39, 0.29) is 24.3 Å². The zero-order chi connectivity index (χ0) is 22.4. The fourth-order valence-electron chi connectivity index (χ4n) is 4.36. The summed E-state index contributed by atoms with van der Waals surface area (Å²) in [5, 5.41) is 3.63. The smallest absolute Gasteiger partial charge is 0.409 e. The van der Waals surface area contributed by atoms with Crippen LogP contribution in [-0.4, -0.2) is 83.6 Å². The molecule has 3 fully saturated rings. The predicted octanol–water partition coefficient (Wildman–Crippen LogP) is 1.46. The van der Waals surface area contributed by atoms with Gasteiger partial charge in [0.05, 0.1) is 6.61 Å². The number of ether oxygens (including phenoxy) is 1. The Morgan fingerprint density at radius 1 is 1.06 bits per heavy atom. The normalized spacial score (nSPS) is 21.9. The lowest BCUT2D eigenvalue weighted by molar-refractivity contribution is -0.140. The van der Waals surface area contributed by atoms with E-state index in [1.54, 1.807) is 4.90 Å². The fraction of sp³-hybridized carbons (Fsp3) is 0.810. The third kappa shape index (κ3) is 5.87.